The van der Waals surface area contributed by atoms with Crippen molar-refractivity contribution >= 4 is 5.82 Å². The van der Waals surface area contributed by atoms with Crippen LogP contribution in [0.2, 0.25) is 0 Å². The molecule has 0 aliphatic heterocycles. The number of imidazole rings is 1. The molecule has 0 aliphatic carbocycles. The first-order chi connectivity index (χ1) is 8.28. The topological polar surface area (TPSA) is 55.6 Å². The zero-order valence-electron chi connectivity index (χ0n) is 10.2. The standard InChI is InChI=1S/C12H17N5/c1-3-11-8-12(16-10(2)15-11)14-5-7-17-6-4-13-9-17/h4,6,8-9H,3,5,7H2,1-2H3,(H,14,15,16). The van der Waals surface area contributed by atoms with Crippen molar-refractivity contribution in [3.05, 3.63) is 36.3 Å². The Morgan fingerprint density at radius 3 is 2.94 bits per heavy atom. The monoisotopic (exact) mass is 231 g/mol. The molecule has 0 radical (unpaired) electrons. The molecular weight excluding hydrogens is 214 g/mol. The first-order valence-electron chi connectivity index (χ1n) is 5.82. The van der Waals surface area contributed by atoms with Crippen LogP contribution in [0.25, 0.3) is 0 Å². The predicted molar refractivity (Wildman–Crippen MR) is 66.9 cm³/mol. The number of nitrogens with zero attached hydrogens (tertiary/aromatic N) is 4. The third kappa shape index (κ3) is 3.27. The first kappa shape index (κ1) is 11.6. The summed E-state index contributed by atoms with van der Waals surface area (Å²) in [5, 5.41) is 3.30. The minimum Gasteiger partial charge on any atom is -0.368 e. The Balaban J connectivity index is 1.92. The normalized spacial score (nSPS) is 10.5. The van der Waals surface area contributed by atoms with Crippen molar-refractivity contribution in [1.82, 2.24) is 19.5 Å². The van der Waals surface area contributed by atoms with E-state index in [0.29, 0.717) is 0 Å². The maximum Gasteiger partial charge on any atom is 0.129 e. The summed E-state index contributed by atoms with van der Waals surface area (Å²) >= 11 is 0. The molecule has 90 valence electrons. The van der Waals surface area contributed by atoms with Gasteiger partial charge in [0.1, 0.15) is 11.6 Å². The molecule has 0 saturated heterocycles. The second-order valence-electron chi connectivity index (χ2n) is 3.87. The Morgan fingerprint density at radius 1 is 1.35 bits per heavy atom. The lowest BCUT2D eigenvalue weighted by Crippen LogP contribution is -2.11. The molecule has 0 aliphatic rings. The van der Waals surface area contributed by atoms with E-state index in [1.807, 2.05) is 30.1 Å². The van der Waals surface area contributed by atoms with Crippen LogP contribution in [-0.4, -0.2) is 26.1 Å². The molecule has 5 heteroatoms. The van der Waals surface area contributed by atoms with E-state index in [2.05, 4.69) is 27.2 Å². The number of aryl methyl sites for hydroxylation is 2. The summed E-state index contributed by atoms with van der Waals surface area (Å²) in [6.45, 7) is 5.72. The van der Waals surface area contributed by atoms with Crippen molar-refractivity contribution in [2.75, 3.05) is 11.9 Å². The smallest absolute Gasteiger partial charge is 0.129 e. The van der Waals surface area contributed by atoms with Gasteiger partial charge in [0.2, 0.25) is 0 Å². The van der Waals surface area contributed by atoms with Crippen molar-refractivity contribution in [1.29, 1.82) is 0 Å². The second kappa shape index (κ2) is 5.43. The van der Waals surface area contributed by atoms with Crippen molar-refractivity contribution in [2.24, 2.45) is 0 Å². The summed E-state index contributed by atoms with van der Waals surface area (Å²) in [6, 6.07) is 2.00. The molecule has 0 fully saturated rings. The van der Waals surface area contributed by atoms with Crippen molar-refractivity contribution < 1.29 is 0 Å². The fourth-order valence-corrected chi connectivity index (χ4v) is 1.63. The van der Waals surface area contributed by atoms with Crippen LogP contribution in [0.1, 0.15) is 18.4 Å². The van der Waals surface area contributed by atoms with Gasteiger partial charge in [0.15, 0.2) is 0 Å². The quantitative estimate of drug-likeness (QED) is 0.850. The fourth-order valence-electron chi connectivity index (χ4n) is 1.63. The van der Waals surface area contributed by atoms with Gasteiger partial charge in [-0.1, -0.05) is 6.92 Å². The molecule has 0 spiro atoms. The van der Waals surface area contributed by atoms with Gasteiger partial charge >= 0.3 is 0 Å². The number of hydrogen-bond donors (Lipinski definition) is 1. The minimum atomic E-state index is 0.814. The van der Waals surface area contributed by atoms with Crippen LogP contribution in [-0.2, 0) is 13.0 Å². The van der Waals surface area contributed by atoms with E-state index in [1.54, 1.807) is 6.20 Å². The van der Waals surface area contributed by atoms with E-state index in [0.717, 1.165) is 36.8 Å². The Hall–Kier alpha value is -1.91. The van der Waals surface area contributed by atoms with E-state index in [1.165, 1.54) is 0 Å². The van der Waals surface area contributed by atoms with Gasteiger partial charge in [-0.05, 0) is 13.3 Å². The van der Waals surface area contributed by atoms with Gasteiger partial charge in [0, 0.05) is 37.2 Å². The molecular formula is C12H17N5. The number of aromatic nitrogens is 4. The zero-order chi connectivity index (χ0) is 12.1. The summed E-state index contributed by atoms with van der Waals surface area (Å²) in [7, 11) is 0. The van der Waals surface area contributed by atoms with E-state index < -0.39 is 0 Å². The molecule has 0 unspecified atom stereocenters. The molecule has 5 nitrogen and oxygen atoms in total. The van der Waals surface area contributed by atoms with Gasteiger partial charge in [-0.25, -0.2) is 15.0 Å². The Morgan fingerprint density at radius 2 is 2.24 bits per heavy atom. The van der Waals surface area contributed by atoms with Crippen LogP contribution in [0.3, 0.4) is 0 Å². The van der Waals surface area contributed by atoms with Crippen LogP contribution in [0, 0.1) is 6.92 Å². The lowest BCUT2D eigenvalue weighted by atomic mass is 10.3. The lowest BCUT2D eigenvalue weighted by molar-refractivity contribution is 0.724. The largest absolute Gasteiger partial charge is 0.368 e. The average Bonchev–Trinajstić information content (AvgIpc) is 2.81. The highest BCUT2D eigenvalue weighted by molar-refractivity contribution is 5.35. The SMILES string of the molecule is CCc1cc(NCCn2ccnc2)nc(C)n1. The Kier molecular flexibility index (Phi) is 3.69. The molecule has 2 rings (SSSR count). The number of nitrogens with one attached hydrogen (secondary N) is 1. The minimum absolute atomic E-state index is 0.814. The average molecular weight is 231 g/mol. The molecule has 2 aromatic heterocycles. The molecule has 0 atom stereocenters. The van der Waals surface area contributed by atoms with Crippen molar-refractivity contribution in [2.45, 2.75) is 26.8 Å². The molecule has 2 aromatic rings. The Labute approximate surface area is 101 Å². The van der Waals surface area contributed by atoms with Crippen molar-refractivity contribution in [3.8, 4) is 0 Å². The summed E-state index contributed by atoms with van der Waals surface area (Å²) in [5.74, 6) is 1.71. The zero-order valence-corrected chi connectivity index (χ0v) is 10.2. The summed E-state index contributed by atoms with van der Waals surface area (Å²) < 4.78 is 2.03. The third-order valence-corrected chi connectivity index (χ3v) is 2.49. The van der Waals surface area contributed by atoms with Gasteiger partial charge in [-0.2, -0.15) is 0 Å². The molecule has 0 amide bonds. The maximum atomic E-state index is 4.35. The fraction of sp³-hybridized carbons (Fsp3) is 0.417. The number of rotatable bonds is 5. The van der Waals surface area contributed by atoms with Gasteiger partial charge in [0.05, 0.1) is 6.33 Å². The molecule has 0 saturated carbocycles. The van der Waals surface area contributed by atoms with E-state index in [4.69, 9.17) is 0 Å². The molecule has 17 heavy (non-hydrogen) atoms. The van der Waals surface area contributed by atoms with Crippen LogP contribution in [0.4, 0.5) is 5.82 Å². The van der Waals surface area contributed by atoms with Gasteiger partial charge in [0.25, 0.3) is 0 Å². The molecule has 0 bridgehead atoms. The Bertz CT molecular complexity index is 464. The van der Waals surface area contributed by atoms with E-state index in [9.17, 15) is 0 Å². The highest BCUT2D eigenvalue weighted by Crippen LogP contribution is 2.06. The third-order valence-electron chi connectivity index (χ3n) is 2.49. The highest BCUT2D eigenvalue weighted by atomic mass is 15.1. The summed E-state index contributed by atoms with van der Waals surface area (Å²) in [6.07, 6.45) is 6.47. The number of anilines is 1. The van der Waals surface area contributed by atoms with Gasteiger partial charge < -0.3 is 9.88 Å². The van der Waals surface area contributed by atoms with Crippen LogP contribution in [0.5, 0.6) is 0 Å². The summed E-state index contributed by atoms with van der Waals surface area (Å²) in [5.41, 5.74) is 1.07. The maximum absolute atomic E-state index is 4.35. The predicted octanol–water partition coefficient (Wildman–Crippen LogP) is 1.66. The summed E-state index contributed by atoms with van der Waals surface area (Å²) in [4.78, 5) is 12.7. The molecule has 1 N–H and O–H groups in total. The van der Waals surface area contributed by atoms with Crippen LogP contribution >= 0.6 is 0 Å². The highest BCUT2D eigenvalue weighted by Gasteiger charge is 1.99. The van der Waals surface area contributed by atoms with Crippen LogP contribution < -0.4 is 5.32 Å². The van der Waals surface area contributed by atoms with Crippen LogP contribution in [0.15, 0.2) is 24.8 Å². The first-order valence-corrected chi connectivity index (χ1v) is 5.82. The van der Waals surface area contributed by atoms with E-state index >= 15 is 0 Å². The van der Waals surface area contributed by atoms with Gasteiger partial charge in [-0.3, -0.25) is 0 Å². The lowest BCUT2D eigenvalue weighted by Gasteiger charge is -2.08. The van der Waals surface area contributed by atoms with E-state index in [-0.39, 0.29) is 0 Å². The van der Waals surface area contributed by atoms with Crippen molar-refractivity contribution in [3.63, 3.8) is 0 Å². The number of hydrogen-bond acceptors (Lipinski definition) is 4. The molecule has 0 aromatic carbocycles. The second-order valence-corrected chi connectivity index (χ2v) is 3.87. The van der Waals surface area contributed by atoms with Gasteiger partial charge in [-0.15, -0.1) is 0 Å². The molecule has 2 heterocycles.